The van der Waals surface area contributed by atoms with Crippen LogP contribution in [0.2, 0.25) is 0 Å². The average Bonchev–Trinajstić information content (AvgIpc) is 3.49. The van der Waals surface area contributed by atoms with E-state index in [9.17, 15) is 4.79 Å². The lowest BCUT2D eigenvalue weighted by Crippen LogP contribution is -2.39. The normalized spacial score (nSPS) is 20.4. The number of nitrogens with one attached hydrogen (secondary N) is 1. The van der Waals surface area contributed by atoms with Gasteiger partial charge in [-0.3, -0.25) is 4.90 Å². The summed E-state index contributed by atoms with van der Waals surface area (Å²) >= 11 is 1.57. The maximum absolute atomic E-state index is 13.1. The Morgan fingerprint density at radius 1 is 1.08 bits per heavy atom. The van der Waals surface area contributed by atoms with Crippen LogP contribution in [0, 0.1) is 0 Å². The number of hydrogen-bond acceptors (Lipinski definition) is 9. The summed E-state index contributed by atoms with van der Waals surface area (Å²) in [7, 11) is 0. The van der Waals surface area contributed by atoms with Crippen molar-refractivity contribution in [3.63, 3.8) is 0 Å². The molecule has 1 heterocycles. The number of carbonyl (C=O) groups excluding carboxylic acids is 1. The molecule has 0 bridgehead atoms. The minimum atomic E-state index is -0.607. The summed E-state index contributed by atoms with van der Waals surface area (Å²) in [6, 6.07) is 0.233. The standard InChI is InChI=1S/C26H45N5O4S/c1-8-15-36-23-29-21(28-17-9-12-19(16-17)33-13-14-34-25(2,3)4)20(27)22(30-23)31(18-10-11-18)24(32)35-26(5,6)7/h17-19H,8-16,27H2,1-7H3,(H,28,29,30). The highest BCUT2D eigenvalue weighted by molar-refractivity contribution is 7.99. The Balaban J connectivity index is 1.73. The van der Waals surface area contributed by atoms with Crippen LogP contribution in [0.4, 0.5) is 22.1 Å². The Morgan fingerprint density at radius 3 is 2.42 bits per heavy atom. The van der Waals surface area contributed by atoms with Crippen LogP contribution in [0.5, 0.6) is 0 Å². The number of nitrogen functional groups attached to an aromatic ring is 1. The van der Waals surface area contributed by atoms with E-state index in [1.165, 1.54) is 0 Å². The van der Waals surface area contributed by atoms with Gasteiger partial charge in [0.25, 0.3) is 0 Å². The van der Waals surface area contributed by atoms with E-state index in [4.69, 9.17) is 29.9 Å². The van der Waals surface area contributed by atoms with Crippen molar-refractivity contribution in [3.05, 3.63) is 0 Å². The van der Waals surface area contributed by atoms with Gasteiger partial charge in [-0.05, 0) is 80.1 Å². The van der Waals surface area contributed by atoms with E-state index < -0.39 is 11.7 Å². The van der Waals surface area contributed by atoms with Crippen LogP contribution in [0.3, 0.4) is 0 Å². The van der Waals surface area contributed by atoms with Crippen LogP contribution >= 0.6 is 11.8 Å². The van der Waals surface area contributed by atoms with Crippen LogP contribution < -0.4 is 16.0 Å². The summed E-state index contributed by atoms with van der Waals surface area (Å²) < 4.78 is 17.5. The molecule has 3 N–H and O–H groups in total. The zero-order valence-corrected chi connectivity index (χ0v) is 23.9. The number of amides is 1. The lowest BCUT2D eigenvalue weighted by Gasteiger charge is -2.28. The molecule has 9 nitrogen and oxygen atoms in total. The van der Waals surface area contributed by atoms with E-state index in [2.05, 4.69) is 12.2 Å². The molecular weight excluding hydrogens is 478 g/mol. The van der Waals surface area contributed by atoms with Gasteiger partial charge in [-0.25, -0.2) is 14.8 Å². The van der Waals surface area contributed by atoms with E-state index in [1.54, 1.807) is 16.7 Å². The second-order valence-corrected chi connectivity index (χ2v) is 12.7. The summed E-state index contributed by atoms with van der Waals surface area (Å²) in [5, 5.41) is 4.15. The third-order valence-corrected chi connectivity index (χ3v) is 6.82. The van der Waals surface area contributed by atoms with Crippen molar-refractivity contribution in [2.24, 2.45) is 0 Å². The van der Waals surface area contributed by atoms with Gasteiger partial charge in [-0.1, -0.05) is 18.7 Å². The first-order valence-electron chi connectivity index (χ1n) is 13.2. The van der Waals surface area contributed by atoms with E-state index >= 15 is 0 Å². The lowest BCUT2D eigenvalue weighted by atomic mass is 10.2. The number of carbonyl (C=O) groups is 1. The van der Waals surface area contributed by atoms with Crippen molar-refractivity contribution in [1.82, 2.24) is 9.97 Å². The SMILES string of the molecule is CCCSc1nc(NC2CCC(OCCOC(C)(C)C)C2)c(N)c(N(C(=O)OC(C)(C)C)C2CC2)n1. The zero-order valence-electron chi connectivity index (χ0n) is 23.1. The maximum Gasteiger partial charge on any atom is 0.416 e. The van der Waals surface area contributed by atoms with E-state index in [1.807, 2.05) is 41.5 Å². The summed E-state index contributed by atoms with van der Waals surface area (Å²) in [4.78, 5) is 24.2. The molecule has 2 saturated carbocycles. The fourth-order valence-corrected chi connectivity index (χ4v) is 4.71. The van der Waals surface area contributed by atoms with Gasteiger partial charge < -0.3 is 25.3 Å². The molecule has 1 amide bonds. The van der Waals surface area contributed by atoms with Crippen molar-refractivity contribution >= 4 is 35.2 Å². The largest absolute Gasteiger partial charge is 0.443 e. The van der Waals surface area contributed by atoms with Crippen LogP contribution in [-0.4, -0.2) is 64.4 Å². The first kappa shape index (κ1) is 28.8. The summed E-state index contributed by atoms with van der Waals surface area (Å²) in [5.41, 5.74) is 6.22. The van der Waals surface area contributed by atoms with Gasteiger partial charge in [0.15, 0.2) is 16.8 Å². The van der Waals surface area contributed by atoms with Crippen LogP contribution in [-0.2, 0) is 14.2 Å². The average molecular weight is 524 g/mol. The van der Waals surface area contributed by atoms with Crippen molar-refractivity contribution < 1.29 is 19.0 Å². The van der Waals surface area contributed by atoms with E-state index in [0.717, 1.165) is 44.3 Å². The zero-order chi connectivity index (χ0) is 26.5. The minimum Gasteiger partial charge on any atom is -0.443 e. The quantitative estimate of drug-likeness (QED) is 0.216. The molecule has 1 aromatic rings. The predicted molar refractivity (Wildman–Crippen MR) is 146 cm³/mol. The molecule has 3 rings (SSSR count). The highest BCUT2D eigenvalue weighted by Gasteiger charge is 2.39. The first-order chi connectivity index (χ1) is 16.9. The van der Waals surface area contributed by atoms with E-state index in [0.29, 0.717) is 35.7 Å². The number of thioether (sulfide) groups is 1. The van der Waals surface area contributed by atoms with Gasteiger partial charge in [0.2, 0.25) is 0 Å². The van der Waals surface area contributed by atoms with Gasteiger partial charge in [0.1, 0.15) is 11.3 Å². The molecule has 36 heavy (non-hydrogen) atoms. The number of nitrogens with two attached hydrogens (primary N) is 1. The molecule has 0 saturated heterocycles. The van der Waals surface area contributed by atoms with Crippen molar-refractivity contribution in [2.75, 3.05) is 34.9 Å². The maximum atomic E-state index is 13.1. The molecule has 204 valence electrons. The second kappa shape index (κ2) is 12.2. The number of hydrogen-bond donors (Lipinski definition) is 2. The van der Waals surface area contributed by atoms with Gasteiger partial charge in [-0.15, -0.1) is 0 Å². The molecule has 2 aliphatic rings. The van der Waals surface area contributed by atoms with E-state index in [-0.39, 0.29) is 23.8 Å². The molecule has 0 aliphatic heterocycles. The Morgan fingerprint density at radius 2 is 1.81 bits per heavy atom. The fourth-order valence-electron chi connectivity index (χ4n) is 4.02. The molecule has 0 aromatic carbocycles. The topological polar surface area (TPSA) is 112 Å². The highest BCUT2D eigenvalue weighted by atomic mass is 32.2. The van der Waals surface area contributed by atoms with Crippen LogP contribution in [0.1, 0.15) is 87.0 Å². The number of rotatable bonds is 11. The van der Waals surface area contributed by atoms with Crippen molar-refractivity contribution in [1.29, 1.82) is 0 Å². The van der Waals surface area contributed by atoms with Crippen LogP contribution in [0.25, 0.3) is 0 Å². The Labute approximate surface area is 220 Å². The first-order valence-corrected chi connectivity index (χ1v) is 14.2. The predicted octanol–water partition coefficient (Wildman–Crippen LogP) is 5.63. The van der Waals surface area contributed by atoms with Crippen LogP contribution in [0.15, 0.2) is 5.16 Å². The third-order valence-electron chi connectivity index (χ3n) is 5.77. The lowest BCUT2D eigenvalue weighted by molar-refractivity contribution is -0.0502. The Kier molecular flexibility index (Phi) is 9.74. The molecule has 2 fully saturated rings. The van der Waals surface area contributed by atoms with Gasteiger partial charge in [-0.2, -0.15) is 0 Å². The van der Waals surface area contributed by atoms with Gasteiger partial charge >= 0.3 is 6.09 Å². The molecule has 2 unspecified atom stereocenters. The molecular formula is C26H45N5O4S. The van der Waals surface area contributed by atoms with Gasteiger partial charge in [0.05, 0.1) is 24.9 Å². The highest BCUT2D eigenvalue weighted by Crippen LogP contribution is 2.39. The smallest absolute Gasteiger partial charge is 0.416 e. The molecule has 1 aromatic heterocycles. The third kappa shape index (κ3) is 8.95. The summed E-state index contributed by atoms with van der Waals surface area (Å²) in [5.74, 6) is 1.90. The monoisotopic (exact) mass is 523 g/mol. The number of aromatic nitrogens is 2. The van der Waals surface area contributed by atoms with Crippen molar-refractivity contribution in [2.45, 2.75) is 122 Å². The summed E-state index contributed by atoms with van der Waals surface area (Å²) in [6.45, 7) is 15.0. The molecule has 0 spiro atoms. The number of anilines is 3. The Bertz CT molecular complexity index is 882. The summed E-state index contributed by atoms with van der Waals surface area (Å²) in [6.07, 6.45) is 5.35. The minimum absolute atomic E-state index is 0.0495. The fraction of sp³-hybridized carbons (Fsp3) is 0.808. The molecule has 0 radical (unpaired) electrons. The molecule has 10 heteroatoms. The molecule has 2 aliphatic carbocycles. The Hall–Kier alpha value is -1.78. The number of ether oxygens (including phenoxy) is 3. The second-order valence-electron chi connectivity index (χ2n) is 11.6. The number of nitrogens with zero attached hydrogens (tertiary/aromatic N) is 3. The van der Waals surface area contributed by atoms with Gasteiger partial charge in [0, 0.05) is 17.8 Å². The van der Waals surface area contributed by atoms with Crippen molar-refractivity contribution in [3.8, 4) is 0 Å². The molecule has 2 atom stereocenters.